The fourth-order valence-corrected chi connectivity index (χ4v) is 10.9. The number of imidazole rings is 1. The smallest absolute Gasteiger partial charge is 0.412 e. The molecule has 2 aromatic rings. The number of nitrogens with two attached hydrogens (primary N) is 1. The fourth-order valence-electron chi connectivity index (χ4n) is 7.36. The van der Waals surface area contributed by atoms with Crippen LogP contribution in [0.15, 0.2) is 12.7 Å². The van der Waals surface area contributed by atoms with E-state index in [9.17, 15) is 57.9 Å². The number of aromatic nitrogens is 4. The predicted molar refractivity (Wildman–Crippen MR) is 259 cm³/mol. The number of nitrogens with one attached hydrogen (secondary N) is 2. The van der Waals surface area contributed by atoms with Crippen molar-refractivity contribution in [1.29, 1.82) is 0 Å². The Kier molecular flexibility index (Phi) is 29.1. The van der Waals surface area contributed by atoms with E-state index in [1.165, 1.54) is 104 Å². The topological polar surface area (TPSA) is 395 Å². The largest absolute Gasteiger partial charge is 0.481 e. The van der Waals surface area contributed by atoms with Crippen molar-refractivity contribution in [2.24, 2.45) is 5.41 Å². The molecule has 0 bridgehead atoms. The number of hydrogen-bond acceptors (Lipinski definition) is 18. The summed E-state index contributed by atoms with van der Waals surface area (Å²) in [6, 6.07) is 0. The summed E-state index contributed by atoms with van der Waals surface area (Å²) in [6.45, 7) is 2.84. The molecule has 0 saturated carbocycles. The summed E-state index contributed by atoms with van der Waals surface area (Å²) in [4.78, 5) is 88.5. The third-order valence-electron chi connectivity index (χ3n) is 11.2. The highest BCUT2D eigenvalue weighted by Gasteiger charge is 2.50. The number of aliphatic hydroxyl groups excluding tert-OH is 2. The quantitative estimate of drug-likeness (QED) is 0.0321. The van der Waals surface area contributed by atoms with Crippen molar-refractivity contribution in [3.05, 3.63) is 12.7 Å². The number of hydrogen-bond donors (Lipinski definition) is 9. The Bertz CT molecular complexity index is 2030. The Morgan fingerprint density at radius 2 is 1.39 bits per heavy atom. The molecule has 2 aromatic heterocycles. The van der Waals surface area contributed by atoms with E-state index in [0.29, 0.717) is 12.2 Å². The molecule has 3 heterocycles. The average molecular weight is 1080 g/mol. The zero-order valence-corrected chi connectivity index (χ0v) is 43.8. The number of phosphoric acid groups is 3. The Balaban J connectivity index is 0.0000168. The number of anilines is 1. The van der Waals surface area contributed by atoms with Crippen molar-refractivity contribution in [3.63, 3.8) is 0 Å². The van der Waals surface area contributed by atoms with Gasteiger partial charge in [-0.3, -0.25) is 32.5 Å². The molecule has 0 aliphatic carbocycles. The van der Waals surface area contributed by atoms with Crippen LogP contribution in [-0.2, 0) is 50.7 Å². The van der Waals surface area contributed by atoms with Crippen LogP contribution in [0.1, 0.15) is 149 Å². The van der Waals surface area contributed by atoms with Gasteiger partial charge in [0.2, 0.25) is 11.8 Å². The molecule has 70 heavy (non-hydrogen) atoms. The van der Waals surface area contributed by atoms with Crippen molar-refractivity contribution >= 4 is 69.1 Å². The number of rotatable bonds is 37. The molecular weight excluding hydrogens is 1000 g/mol. The highest BCUT2D eigenvalue weighted by atomic mass is 32.2. The molecule has 2 unspecified atom stereocenters. The van der Waals surface area contributed by atoms with Gasteiger partial charge >= 0.3 is 23.5 Å². The summed E-state index contributed by atoms with van der Waals surface area (Å²) >= 11 is 1.16. The highest BCUT2D eigenvalue weighted by Crippen LogP contribution is 2.61. The molecular formula is C41H76N7O18P3S. The van der Waals surface area contributed by atoms with Crippen molar-refractivity contribution in [1.82, 2.24) is 30.2 Å². The van der Waals surface area contributed by atoms with E-state index in [2.05, 4.69) is 41.3 Å². The van der Waals surface area contributed by atoms with Crippen LogP contribution in [-0.4, -0.2) is 128 Å². The summed E-state index contributed by atoms with van der Waals surface area (Å²) in [5.41, 5.74) is 4.29. The number of aliphatic hydroxyl groups is 2. The monoisotopic (exact) mass is 1080 g/mol. The molecule has 0 radical (unpaired) electrons. The number of carbonyl (C=O) groups is 3. The van der Waals surface area contributed by atoms with Crippen molar-refractivity contribution in [2.75, 3.05) is 37.8 Å². The van der Waals surface area contributed by atoms with E-state index >= 15 is 0 Å². The number of fused-ring (bicyclic) bond motifs is 1. The molecule has 3 rings (SSSR count). The van der Waals surface area contributed by atoms with Gasteiger partial charge in [-0.25, -0.2) is 28.6 Å². The van der Waals surface area contributed by atoms with Gasteiger partial charge in [-0.05, 0) is 6.42 Å². The lowest BCUT2D eigenvalue weighted by atomic mass is 9.87. The lowest BCUT2D eigenvalue weighted by Gasteiger charge is -2.30. The van der Waals surface area contributed by atoms with Crippen LogP contribution >= 0.6 is 35.2 Å². The van der Waals surface area contributed by atoms with Crippen LogP contribution in [0.2, 0.25) is 0 Å². The van der Waals surface area contributed by atoms with Gasteiger partial charge in [-0.2, -0.15) is 4.31 Å². The Morgan fingerprint density at radius 3 is 1.96 bits per heavy atom. The fraction of sp³-hybridized carbons (Fsp3) is 0.805. The number of amides is 2. The van der Waals surface area contributed by atoms with Crippen LogP contribution in [0.5, 0.6) is 0 Å². The second kappa shape index (κ2) is 32.0. The minimum absolute atomic E-state index is 0. The molecule has 0 spiro atoms. The lowest BCUT2D eigenvalue weighted by Crippen LogP contribution is -2.46. The summed E-state index contributed by atoms with van der Waals surface area (Å²) in [5, 5.41) is 26.7. The van der Waals surface area contributed by atoms with E-state index < -0.39 is 84.6 Å². The van der Waals surface area contributed by atoms with Crippen LogP contribution in [0, 0.1) is 5.41 Å². The summed E-state index contributed by atoms with van der Waals surface area (Å²) in [7, 11) is -16.4. The van der Waals surface area contributed by atoms with Crippen molar-refractivity contribution in [2.45, 2.75) is 173 Å². The first-order chi connectivity index (χ1) is 32.6. The molecule has 25 nitrogen and oxygen atoms in total. The van der Waals surface area contributed by atoms with Gasteiger partial charge in [-0.15, -0.1) is 0 Å². The molecule has 404 valence electrons. The number of phosphoric ester groups is 3. The van der Waals surface area contributed by atoms with Crippen LogP contribution in [0.4, 0.5) is 5.82 Å². The molecule has 1 aliphatic heterocycles. The van der Waals surface area contributed by atoms with Gasteiger partial charge in [0.25, 0.3) is 0 Å². The molecule has 29 heteroatoms. The Labute approximate surface area is 413 Å². The Morgan fingerprint density at radius 1 is 0.829 bits per heavy atom. The molecule has 7 atom stereocenters. The van der Waals surface area contributed by atoms with E-state index in [1.807, 2.05) is 0 Å². The number of nitrogens with zero attached hydrogens (tertiary/aromatic N) is 4. The molecule has 0 aromatic carbocycles. The first-order valence-electron chi connectivity index (χ1n) is 23.6. The van der Waals surface area contributed by atoms with E-state index in [4.69, 9.17) is 19.5 Å². The summed E-state index contributed by atoms with van der Waals surface area (Å²) in [6.07, 6.45) is 15.2. The standard InChI is InChI=1S/C41H74N7O17P3S.H2O/c1-4-5-6-7-8-9-10-11-12-13-14-15-16-17-18-19-20-21-32(50)69-25-24-43-31(49)22-23-44-39(53)36(52)41(2,3)27-62-68(59,60)65-67(57,58)61-26-30-35(64-66(54,55)56)34(51)40(63-30)48-29-47-33-37(42)45-28-46-38(33)48;/h28-30,34-36,40,51-52H,4-27H2,1-3H3,(H,43,49)(H,44,53)(H,57,58)(H,59,60)(H2,42,45,46)(H2,54,55,56);1H2/t30-,34-,35-,36+,40-;/m1./s1. The van der Waals surface area contributed by atoms with Gasteiger partial charge in [0, 0.05) is 37.1 Å². The first-order valence-corrected chi connectivity index (χ1v) is 29.1. The van der Waals surface area contributed by atoms with Crippen LogP contribution < -0.4 is 16.4 Å². The maximum absolute atomic E-state index is 12.7. The van der Waals surface area contributed by atoms with Gasteiger partial charge in [-0.1, -0.05) is 135 Å². The minimum Gasteiger partial charge on any atom is -0.412 e. The SMILES string of the molecule is CCCCCCCCCCCCCCCCCCCC(=O)SCCNC(=O)CCNC(=O)[C@H](O)C(C)(C)COP(=O)(O)OP(=O)(O)OC[C@H]1O[C@@H](n2cnc3c(N)ncnc32)[C@H](O)[C@@H]1OP(=O)(O)O.O. The van der Waals surface area contributed by atoms with E-state index in [-0.39, 0.29) is 47.1 Å². The number of thioether (sulfide) groups is 1. The second-order valence-corrected chi connectivity index (χ2v) is 23.1. The van der Waals surface area contributed by atoms with E-state index in [1.54, 1.807) is 0 Å². The van der Waals surface area contributed by atoms with Gasteiger partial charge in [0.15, 0.2) is 22.8 Å². The number of unbranched alkanes of at least 4 members (excludes halogenated alkanes) is 16. The highest BCUT2D eigenvalue weighted by molar-refractivity contribution is 8.13. The maximum Gasteiger partial charge on any atom is 0.481 e. The Hall–Kier alpha value is -2.48. The van der Waals surface area contributed by atoms with Crippen LogP contribution in [0.25, 0.3) is 11.2 Å². The minimum atomic E-state index is -5.57. The van der Waals surface area contributed by atoms with Gasteiger partial charge < -0.3 is 56.4 Å². The molecule has 1 saturated heterocycles. The van der Waals surface area contributed by atoms with Gasteiger partial charge in [0.1, 0.15) is 36.3 Å². The molecule has 1 aliphatic rings. The zero-order valence-electron chi connectivity index (χ0n) is 40.3. The molecule has 2 amide bonds. The normalized spacial score (nSPS) is 19.6. The van der Waals surface area contributed by atoms with E-state index in [0.717, 1.165) is 48.2 Å². The molecule has 1 fully saturated rings. The van der Waals surface area contributed by atoms with Gasteiger partial charge in [0.05, 0.1) is 19.5 Å². The summed E-state index contributed by atoms with van der Waals surface area (Å²) in [5.74, 6) is -1.01. The van der Waals surface area contributed by atoms with Crippen LogP contribution in [0.3, 0.4) is 0 Å². The number of ether oxygens (including phenoxy) is 1. The lowest BCUT2D eigenvalue weighted by molar-refractivity contribution is -0.137. The average Bonchev–Trinajstić information content (AvgIpc) is 3.84. The number of nitrogen functional groups attached to an aromatic ring is 1. The molecule has 12 N–H and O–H groups in total. The predicted octanol–water partition coefficient (Wildman–Crippen LogP) is 4.88. The van der Waals surface area contributed by atoms with Crippen molar-refractivity contribution < 1.29 is 86.0 Å². The first kappa shape index (κ1) is 63.6. The zero-order chi connectivity index (χ0) is 51.1. The van der Waals surface area contributed by atoms with Crippen molar-refractivity contribution in [3.8, 4) is 0 Å². The third kappa shape index (κ3) is 24.0. The third-order valence-corrected chi connectivity index (χ3v) is 15.3. The maximum atomic E-state index is 12.7. The number of carbonyl (C=O) groups excluding carboxylic acids is 3. The second-order valence-electron chi connectivity index (χ2n) is 17.7. The summed E-state index contributed by atoms with van der Waals surface area (Å²) < 4.78 is 62.5.